The lowest BCUT2D eigenvalue weighted by Gasteiger charge is -2.19. The normalized spacial score (nSPS) is 10.9. The summed E-state index contributed by atoms with van der Waals surface area (Å²) in [6.45, 7) is 6.74. The Morgan fingerprint density at radius 3 is 2.18 bits per heavy atom. The van der Waals surface area contributed by atoms with Gasteiger partial charge in [0.1, 0.15) is 0 Å². The Balaban J connectivity index is 3.30. The Hall–Kier alpha value is -0.690. The average Bonchev–Trinajstić information content (AvgIpc) is 2.31. The fourth-order valence-corrected chi connectivity index (χ4v) is 1.18. The highest BCUT2D eigenvalue weighted by Gasteiger charge is 2.11. The summed E-state index contributed by atoms with van der Waals surface area (Å²) in [5.41, 5.74) is 0. The summed E-state index contributed by atoms with van der Waals surface area (Å²) in [6.07, 6.45) is 0. The maximum Gasteiger partial charge on any atom is 0.224 e. The molecule has 0 fully saturated rings. The van der Waals surface area contributed by atoms with Gasteiger partial charge in [-0.25, -0.2) is 5.90 Å². The Labute approximate surface area is 103 Å². The van der Waals surface area contributed by atoms with Crippen molar-refractivity contribution < 1.29 is 19.1 Å². The number of carbonyl (C=O) groups excluding carboxylic acids is 1. The molecule has 0 aromatic heterocycles. The highest BCUT2D eigenvalue weighted by atomic mass is 16.6. The molecule has 0 saturated heterocycles. The first kappa shape index (κ1) is 16.3. The van der Waals surface area contributed by atoms with E-state index in [9.17, 15) is 4.79 Å². The van der Waals surface area contributed by atoms with Gasteiger partial charge in [-0.2, -0.15) is 0 Å². The van der Waals surface area contributed by atoms with Crippen molar-refractivity contribution >= 4 is 5.91 Å². The number of carbonyl (C=O) groups is 1. The summed E-state index contributed by atoms with van der Waals surface area (Å²) in [5, 5.41) is 0. The van der Waals surface area contributed by atoms with Crippen molar-refractivity contribution in [3.05, 3.63) is 0 Å². The second-order valence-corrected chi connectivity index (χ2v) is 4.01. The topological polar surface area (TPSA) is 74.0 Å². The molecule has 6 heteroatoms. The number of ether oxygens (including phenoxy) is 2. The highest BCUT2D eigenvalue weighted by molar-refractivity contribution is 5.77. The van der Waals surface area contributed by atoms with E-state index < -0.39 is 0 Å². The minimum Gasteiger partial charge on any atom is -0.377 e. The summed E-state index contributed by atoms with van der Waals surface area (Å²) in [5.74, 6) is 4.99. The van der Waals surface area contributed by atoms with Crippen LogP contribution in [0.1, 0.15) is 13.8 Å². The van der Waals surface area contributed by atoms with Crippen molar-refractivity contribution in [3.63, 3.8) is 0 Å². The maximum absolute atomic E-state index is 11.5. The van der Waals surface area contributed by atoms with Gasteiger partial charge in [0.05, 0.1) is 33.0 Å². The van der Waals surface area contributed by atoms with Crippen molar-refractivity contribution in [3.8, 4) is 0 Å². The highest BCUT2D eigenvalue weighted by Crippen LogP contribution is 1.98. The monoisotopic (exact) mass is 248 g/mol. The van der Waals surface area contributed by atoms with Gasteiger partial charge < -0.3 is 19.2 Å². The molecule has 0 heterocycles. The lowest BCUT2D eigenvalue weighted by molar-refractivity contribution is -0.133. The first-order chi connectivity index (χ1) is 8.09. The van der Waals surface area contributed by atoms with E-state index in [2.05, 4.69) is 4.84 Å². The van der Waals surface area contributed by atoms with Crippen molar-refractivity contribution in [2.24, 2.45) is 11.8 Å². The largest absolute Gasteiger partial charge is 0.377 e. The molecule has 0 bridgehead atoms. The Bertz CT molecular complexity index is 200. The summed E-state index contributed by atoms with van der Waals surface area (Å²) in [4.78, 5) is 17.5. The average molecular weight is 248 g/mol. The number of amides is 1. The van der Waals surface area contributed by atoms with Gasteiger partial charge in [0, 0.05) is 19.5 Å². The van der Waals surface area contributed by atoms with E-state index in [1.54, 1.807) is 11.9 Å². The minimum absolute atomic E-state index is 0.0274. The van der Waals surface area contributed by atoms with Crippen molar-refractivity contribution in [1.29, 1.82) is 0 Å². The standard InChI is InChI=1S/C11H24N2O4/c1-10(2)11(14)13(3)4-5-15-6-7-16-8-9-17-12/h10H,4-9,12H2,1-3H3. The number of rotatable bonds is 10. The number of hydrogen-bond donors (Lipinski definition) is 1. The van der Waals surface area contributed by atoms with Crippen LogP contribution in [-0.4, -0.2) is 57.4 Å². The number of nitrogens with two attached hydrogens (primary N) is 1. The van der Waals surface area contributed by atoms with E-state index in [0.717, 1.165) is 0 Å². The van der Waals surface area contributed by atoms with Crippen LogP contribution in [0.3, 0.4) is 0 Å². The van der Waals surface area contributed by atoms with E-state index >= 15 is 0 Å². The zero-order valence-electron chi connectivity index (χ0n) is 11.0. The van der Waals surface area contributed by atoms with E-state index in [1.165, 1.54) is 0 Å². The first-order valence-corrected chi connectivity index (χ1v) is 5.81. The van der Waals surface area contributed by atoms with Gasteiger partial charge in [0.2, 0.25) is 5.91 Å². The summed E-state index contributed by atoms with van der Waals surface area (Å²) in [7, 11) is 1.78. The molecule has 0 aromatic rings. The quantitative estimate of drug-likeness (QED) is 0.436. The van der Waals surface area contributed by atoms with Gasteiger partial charge in [-0.3, -0.25) is 4.79 Å². The molecule has 0 radical (unpaired) electrons. The molecule has 2 N–H and O–H groups in total. The Kier molecular flexibility index (Phi) is 10.0. The molecule has 0 rings (SSSR count). The van der Waals surface area contributed by atoms with Crippen LogP contribution in [-0.2, 0) is 19.1 Å². The molecule has 0 spiro atoms. The lowest BCUT2D eigenvalue weighted by Crippen LogP contribution is -2.33. The molecule has 1 amide bonds. The molecule has 0 aromatic carbocycles. The smallest absolute Gasteiger partial charge is 0.224 e. The first-order valence-electron chi connectivity index (χ1n) is 5.81. The van der Waals surface area contributed by atoms with Gasteiger partial charge in [0.15, 0.2) is 0 Å². The van der Waals surface area contributed by atoms with E-state index in [0.29, 0.717) is 39.6 Å². The van der Waals surface area contributed by atoms with Crippen LogP contribution in [0.4, 0.5) is 0 Å². The third-order valence-corrected chi connectivity index (χ3v) is 2.16. The van der Waals surface area contributed by atoms with Crippen LogP contribution >= 0.6 is 0 Å². The zero-order valence-corrected chi connectivity index (χ0v) is 11.0. The van der Waals surface area contributed by atoms with Crippen molar-refractivity contribution in [2.45, 2.75) is 13.8 Å². The predicted octanol–water partition coefficient (Wildman–Crippen LogP) is 0.0243. The molecule has 0 aliphatic heterocycles. The van der Waals surface area contributed by atoms with Crippen LogP contribution < -0.4 is 5.90 Å². The Morgan fingerprint density at radius 1 is 1.12 bits per heavy atom. The van der Waals surface area contributed by atoms with Crippen molar-refractivity contribution in [1.82, 2.24) is 4.90 Å². The molecule has 0 atom stereocenters. The van der Waals surface area contributed by atoms with Gasteiger partial charge in [-0.05, 0) is 0 Å². The molecule has 102 valence electrons. The van der Waals surface area contributed by atoms with E-state index in [1.807, 2.05) is 13.8 Å². The van der Waals surface area contributed by atoms with Crippen LogP contribution in [0.25, 0.3) is 0 Å². The van der Waals surface area contributed by atoms with E-state index in [4.69, 9.17) is 15.4 Å². The molecule has 0 aliphatic rings. The van der Waals surface area contributed by atoms with Crippen LogP contribution in [0.15, 0.2) is 0 Å². The Morgan fingerprint density at radius 2 is 1.65 bits per heavy atom. The minimum atomic E-state index is 0.0274. The molecule has 6 nitrogen and oxygen atoms in total. The van der Waals surface area contributed by atoms with Crippen molar-refractivity contribution in [2.75, 3.05) is 46.6 Å². The number of nitrogens with zero attached hydrogens (tertiary/aromatic N) is 1. The fourth-order valence-electron chi connectivity index (χ4n) is 1.18. The fraction of sp³-hybridized carbons (Fsp3) is 0.909. The molecular formula is C11H24N2O4. The summed E-state index contributed by atoms with van der Waals surface area (Å²) >= 11 is 0. The maximum atomic E-state index is 11.5. The zero-order chi connectivity index (χ0) is 13.1. The molecular weight excluding hydrogens is 224 g/mol. The van der Waals surface area contributed by atoms with Gasteiger partial charge in [-0.15, -0.1) is 0 Å². The van der Waals surface area contributed by atoms with Gasteiger partial charge >= 0.3 is 0 Å². The van der Waals surface area contributed by atoms with Gasteiger partial charge in [-0.1, -0.05) is 13.8 Å². The van der Waals surface area contributed by atoms with E-state index in [-0.39, 0.29) is 11.8 Å². The SMILES string of the molecule is CC(C)C(=O)N(C)CCOCCOCCON. The third kappa shape index (κ3) is 9.05. The number of likely N-dealkylation sites (N-methyl/N-ethyl adjacent to an activating group) is 1. The van der Waals surface area contributed by atoms with Crippen LogP contribution in [0.5, 0.6) is 0 Å². The molecule has 0 aliphatic carbocycles. The second kappa shape index (κ2) is 10.5. The molecule has 0 saturated carbocycles. The second-order valence-electron chi connectivity index (χ2n) is 4.01. The van der Waals surface area contributed by atoms with Crippen LogP contribution in [0, 0.1) is 5.92 Å². The summed E-state index contributed by atoms with van der Waals surface area (Å²) < 4.78 is 10.5. The molecule has 0 unspecified atom stereocenters. The predicted molar refractivity (Wildman–Crippen MR) is 64.3 cm³/mol. The molecule has 17 heavy (non-hydrogen) atoms. The number of hydrogen-bond acceptors (Lipinski definition) is 5. The summed E-state index contributed by atoms with van der Waals surface area (Å²) in [6, 6.07) is 0. The lowest BCUT2D eigenvalue weighted by atomic mass is 10.2. The third-order valence-electron chi connectivity index (χ3n) is 2.16. The van der Waals surface area contributed by atoms with Gasteiger partial charge in [0.25, 0.3) is 0 Å². The van der Waals surface area contributed by atoms with Crippen LogP contribution in [0.2, 0.25) is 0 Å².